The molecule has 30 heavy (non-hydrogen) atoms. The number of ether oxygens (including phenoxy) is 1. The Morgan fingerprint density at radius 2 is 2.00 bits per heavy atom. The summed E-state index contributed by atoms with van der Waals surface area (Å²) in [7, 11) is 0. The first-order chi connectivity index (χ1) is 14.0. The van der Waals surface area contributed by atoms with Crippen molar-refractivity contribution < 1.29 is 27.8 Å². The summed E-state index contributed by atoms with van der Waals surface area (Å²) in [5.41, 5.74) is 2.63. The number of alkyl halides is 3. The van der Waals surface area contributed by atoms with E-state index in [0.717, 1.165) is 5.56 Å². The molecule has 3 rings (SSSR count). The van der Waals surface area contributed by atoms with Crippen LogP contribution in [0.4, 0.5) is 23.7 Å². The highest BCUT2D eigenvalue weighted by Crippen LogP contribution is 2.38. The first-order valence-electron chi connectivity index (χ1n) is 9.34. The zero-order valence-electron chi connectivity index (χ0n) is 16.5. The molecular formula is C21H22ClF3N2O3. The van der Waals surface area contributed by atoms with Crippen LogP contribution in [-0.2, 0) is 11.3 Å². The Bertz CT molecular complexity index is 930. The van der Waals surface area contributed by atoms with Crippen LogP contribution in [-0.4, -0.2) is 41.5 Å². The summed E-state index contributed by atoms with van der Waals surface area (Å²) < 4.78 is 46.1. The minimum absolute atomic E-state index is 0.0885. The maximum absolute atomic E-state index is 13.8. The molecule has 0 saturated carbocycles. The molecule has 0 unspecified atom stereocenters. The summed E-state index contributed by atoms with van der Waals surface area (Å²) in [5.74, 6) is 0. The average Bonchev–Trinajstić information content (AvgIpc) is 2.61. The van der Waals surface area contributed by atoms with Crippen molar-refractivity contribution in [2.24, 2.45) is 0 Å². The number of aryl methyl sites for hydroxylation is 1. The third-order valence-corrected chi connectivity index (χ3v) is 5.60. The van der Waals surface area contributed by atoms with E-state index in [0.29, 0.717) is 41.5 Å². The van der Waals surface area contributed by atoms with Crippen molar-refractivity contribution in [2.75, 3.05) is 18.4 Å². The zero-order chi connectivity index (χ0) is 22.1. The number of benzene rings is 2. The first kappa shape index (κ1) is 22.2. The van der Waals surface area contributed by atoms with Gasteiger partial charge in [0.05, 0.1) is 0 Å². The van der Waals surface area contributed by atoms with E-state index in [4.69, 9.17) is 21.4 Å². The maximum Gasteiger partial charge on any atom is 0.506 e. The largest absolute Gasteiger partial charge is 0.506 e. The van der Waals surface area contributed by atoms with E-state index >= 15 is 0 Å². The summed E-state index contributed by atoms with van der Waals surface area (Å²) in [5, 5.41) is 11.7. The van der Waals surface area contributed by atoms with E-state index in [1.54, 1.807) is 26.0 Å². The quantitative estimate of drug-likeness (QED) is 0.574. The molecule has 1 atom stereocenters. The lowest BCUT2D eigenvalue weighted by atomic mass is 10.0. The second kappa shape index (κ2) is 8.73. The average molecular weight is 443 g/mol. The van der Waals surface area contributed by atoms with Gasteiger partial charge in [-0.1, -0.05) is 35.9 Å². The van der Waals surface area contributed by atoms with Crippen LogP contribution in [0.2, 0.25) is 5.02 Å². The van der Waals surface area contributed by atoms with Crippen molar-refractivity contribution in [1.29, 1.82) is 0 Å². The highest BCUT2D eigenvalue weighted by atomic mass is 35.5. The van der Waals surface area contributed by atoms with Gasteiger partial charge >= 0.3 is 12.3 Å². The van der Waals surface area contributed by atoms with E-state index in [-0.39, 0.29) is 11.7 Å². The Morgan fingerprint density at radius 1 is 1.30 bits per heavy atom. The molecule has 0 bridgehead atoms. The van der Waals surface area contributed by atoms with Crippen LogP contribution in [0.15, 0.2) is 36.4 Å². The highest BCUT2D eigenvalue weighted by Gasteiger charge is 2.41. The third kappa shape index (κ3) is 5.17. The van der Waals surface area contributed by atoms with Crippen LogP contribution >= 0.6 is 11.6 Å². The van der Waals surface area contributed by atoms with Crippen molar-refractivity contribution in [1.82, 2.24) is 4.90 Å². The van der Waals surface area contributed by atoms with Gasteiger partial charge < -0.3 is 15.2 Å². The van der Waals surface area contributed by atoms with E-state index in [2.05, 4.69) is 5.32 Å². The van der Waals surface area contributed by atoms with Crippen molar-refractivity contribution in [3.63, 3.8) is 0 Å². The Kier molecular flexibility index (Phi) is 6.47. The van der Waals surface area contributed by atoms with Gasteiger partial charge in [-0.15, -0.1) is 0 Å². The fourth-order valence-electron chi connectivity index (χ4n) is 3.48. The topological polar surface area (TPSA) is 61.8 Å². The van der Waals surface area contributed by atoms with Gasteiger partial charge in [0.2, 0.25) is 0 Å². The number of nitrogens with one attached hydrogen (secondary N) is 1. The van der Waals surface area contributed by atoms with Crippen LogP contribution in [0.3, 0.4) is 0 Å². The van der Waals surface area contributed by atoms with Gasteiger partial charge in [0.25, 0.3) is 0 Å². The molecule has 2 aromatic rings. The van der Waals surface area contributed by atoms with E-state index in [1.807, 2.05) is 11.0 Å². The molecule has 0 aliphatic carbocycles. The Hall–Kier alpha value is -2.45. The highest BCUT2D eigenvalue weighted by molar-refractivity contribution is 6.31. The summed E-state index contributed by atoms with van der Waals surface area (Å²) in [6.45, 7) is 4.84. The fraction of sp³-hybridized carbons (Fsp3) is 0.381. The van der Waals surface area contributed by atoms with Crippen molar-refractivity contribution in [3.8, 4) is 0 Å². The number of nitrogens with zero attached hydrogens (tertiary/aromatic N) is 1. The standard InChI is InChI=1S/C21H22ClF3N2O3/c1-12-8-14(6-7-17(12)22)19(21(23,24)25)26-18-5-3-4-15(13(18)2)9-27-10-16(11-27)30-20(28)29/h3-8,16,19,26H,9-11H2,1-2H3,(H,28,29)/t19-/m0/s1. The van der Waals surface area contributed by atoms with Crippen LogP contribution in [0.25, 0.3) is 0 Å². The molecule has 1 saturated heterocycles. The van der Waals surface area contributed by atoms with Gasteiger partial charge in [-0.05, 0) is 48.2 Å². The van der Waals surface area contributed by atoms with Crippen LogP contribution in [0.1, 0.15) is 28.3 Å². The predicted octanol–water partition coefficient (Wildman–Crippen LogP) is 5.55. The molecular weight excluding hydrogens is 421 g/mol. The number of carboxylic acid groups (broad SMARTS) is 1. The molecule has 1 heterocycles. The molecule has 2 N–H and O–H groups in total. The predicted molar refractivity (Wildman–Crippen MR) is 108 cm³/mol. The van der Waals surface area contributed by atoms with Gasteiger partial charge in [0, 0.05) is 30.3 Å². The smallest absolute Gasteiger partial charge is 0.450 e. The van der Waals surface area contributed by atoms with Crippen LogP contribution in [0.5, 0.6) is 0 Å². The lowest BCUT2D eigenvalue weighted by molar-refractivity contribution is -0.144. The number of carbonyl (C=O) groups is 1. The van der Waals surface area contributed by atoms with Gasteiger partial charge in [-0.25, -0.2) is 4.79 Å². The molecule has 0 spiro atoms. The van der Waals surface area contributed by atoms with Crippen molar-refractivity contribution >= 4 is 23.4 Å². The number of halogens is 4. The molecule has 1 aliphatic heterocycles. The number of likely N-dealkylation sites (tertiary alicyclic amines) is 1. The normalized spacial score (nSPS) is 16.1. The fourth-order valence-corrected chi connectivity index (χ4v) is 3.60. The molecule has 0 radical (unpaired) electrons. The number of hydrogen-bond acceptors (Lipinski definition) is 4. The summed E-state index contributed by atoms with van der Waals surface area (Å²) in [4.78, 5) is 12.5. The number of rotatable bonds is 6. The SMILES string of the molecule is Cc1cc([C@H](Nc2cccc(CN3CC(OC(=O)O)C3)c2C)C(F)(F)F)ccc1Cl. The molecule has 162 valence electrons. The lowest BCUT2D eigenvalue weighted by Gasteiger charge is -2.38. The zero-order valence-corrected chi connectivity index (χ0v) is 17.2. The van der Waals surface area contributed by atoms with Gasteiger partial charge in [-0.3, -0.25) is 4.90 Å². The van der Waals surface area contributed by atoms with Crippen molar-refractivity contribution in [3.05, 3.63) is 63.7 Å². The molecule has 0 aromatic heterocycles. The van der Waals surface area contributed by atoms with E-state index in [9.17, 15) is 18.0 Å². The molecule has 0 amide bonds. The second-order valence-electron chi connectivity index (χ2n) is 7.42. The minimum atomic E-state index is -4.50. The first-order valence-corrected chi connectivity index (χ1v) is 9.72. The Morgan fingerprint density at radius 3 is 2.60 bits per heavy atom. The number of hydrogen-bond donors (Lipinski definition) is 2. The van der Waals surface area contributed by atoms with Gasteiger partial charge in [-0.2, -0.15) is 13.2 Å². The monoisotopic (exact) mass is 442 g/mol. The Labute approximate surface area is 177 Å². The van der Waals surface area contributed by atoms with Crippen LogP contribution in [0, 0.1) is 13.8 Å². The van der Waals surface area contributed by atoms with Gasteiger partial charge in [0.15, 0.2) is 0 Å². The van der Waals surface area contributed by atoms with E-state index < -0.39 is 18.4 Å². The molecule has 2 aromatic carbocycles. The number of anilines is 1. The Balaban J connectivity index is 1.77. The molecule has 1 aliphatic rings. The lowest BCUT2D eigenvalue weighted by Crippen LogP contribution is -2.52. The summed E-state index contributed by atoms with van der Waals surface area (Å²) in [6.07, 6.45) is -6.17. The summed E-state index contributed by atoms with van der Waals surface area (Å²) in [6, 6.07) is 7.58. The summed E-state index contributed by atoms with van der Waals surface area (Å²) >= 11 is 5.96. The third-order valence-electron chi connectivity index (χ3n) is 5.17. The molecule has 9 heteroatoms. The molecule has 1 fully saturated rings. The maximum atomic E-state index is 13.8. The second-order valence-corrected chi connectivity index (χ2v) is 7.82. The van der Waals surface area contributed by atoms with E-state index in [1.165, 1.54) is 18.2 Å². The minimum Gasteiger partial charge on any atom is -0.450 e. The van der Waals surface area contributed by atoms with Crippen LogP contribution < -0.4 is 5.32 Å². The van der Waals surface area contributed by atoms with Crippen molar-refractivity contribution in [2.45, 2.75) is 38.7 Å². The van der Waals surface area contributed by atoms with Gasteiger partial charge in [0.1, 0.15) is 12.1 Å². The molecule has 5 nitrogen and oxygen atoms in total.